The summed E-state index contributed by atoms with van der Waals surface area (Å²) >= 11 is 0. The van der Waals surface area contributed by atoms with Gasteiger partial charge in [0.1, 0.15) is 6.61 Å². The van der Waals surface area contributed by atoms with Gasteiger partial charge in [0.15, 0.2) is 0 Å². The highest BCUT2D eigenvalue weighted by atomic mass is 16.5. The normalized spacial score (nSPS) is 10.1. The third-order valence-electron chi connectivity index (χ3n) is 2.48. The molecule has 0 bridgehead atoms. The van der Waals surface area contributed by atoms with Crippen molar-refractivity contribution in [1.29, 1.82) is 0 Å². The topological polar surface area (TPSA) is 88.7 Å². The average molecular weight is 253 g/mol. The second-order valence-corrected chi connectivity index (χ2v) is 3.94. The largest absolute Gasteiger partial charge is 0.476 e. The molecule has 1 amide bonds. The van der Waals surface area contributed by atoms with Crippen LogP contribution in [0.25, 0.3) is 0 Å². The minimum absolute atomic E-state index is 0.280. The molecule has 0 aliphatic heterocycles. The Morgan fingerprint density at radius 3 is 2.78 bits per heavy atom. The fourth-order valence-electron chi connectivity index (χ4n) is 1.46. The number of nitrogens with zero attached hydrogens (tertiary/aromatic N) is 2. The van der Waals surface area contributed by atoms with Crippen LogP contribution in [0.3, 0.4) is 0 Å². The molecular weight excluding hydrogens is 234 g/mol. The Morgan fingerprint density at radius 1 is 1.50 bits per heavy atom. The maximum atomic E-state index is 10.9. The van der Waals surface area contributed by atoms with E-state index in [-0.39, 0.29) is 6.61 Å². The Kier molecular flexibility index (Phi) is 5.23. The molecule has 1 aromatic rings. The van der Waals surface area contributed by atoms with Crippen LogP contribution in [-0.4, -0.2) is 40.8 Å². The molecule has 1 heterocycles. The van der Waals surface area contributed by atoms with Crippen LogP contribution in [0.15, 0.2) is 12.1 Å². The molecule has 3 N–H and O–H groups in total. The number of nitrogens with two attached hydrogens (primary N) is 1. The molecule has 6 heteroatoms. The van der Waals surface area contributed by atoms with Gasteiger partial charge in [-0.3, -0.25) is 0 Å². The van der Waals surface area contributed by atoms with Crippen LogP contribution < -0.4 is 10.5 Å². The second kappa shape index (κ2) is 6.68. The molecule has 6 nitrogen and oxygen atoms in total. The maximum absolute atomic E-state index is 10.9. The molecule has 100 valence electrons. The van der Waals surface area contributed by atoms with E-state index < -0.39 is 6.09 Å². The first-order valence-electron chi connectivity index (χ1n) is 5.88. The van der Waals surface area contributed by atoms with Crippen LogP contribution in [0, 0.1) is 6.92 Å². The molecule has 0 fully saturated rings. The minimum Gasteiger partial charge on any atom is -0.476 e. The predicted molar refractivity (Wildman–Crippen MR) is 68.8 cm³/mol. The van der Waals surface area contributed by atoms with E-state index in [1.807, 2.05) is 6.92 Å². The Hall–Kier alpha value is -1.98. The summed E-state index contributed by atoms with van der Waals surface area (Å²) in [4.78, 5) is 16.3. The molecular formula is C12H19N3O3. The summed E-state index contributed by atoms with van der Waals surface area (Å²) in [5, 5.41) is 8.92. The summed E-state index contributed by atoms with van der Waals surface area (Å²) in [6.07, 6.45) is -0.146. The molecule has 18 heavy (non-hydrogen) atoms. The van der Waals surface area contributed by atoms with Gasteiger partial charge in [0.2, 0.25) is 5.88 Å². The van der Waals surface area contributed by atoms with Gasteiger partial charge >= 0.3 is 6.09 Å². The van der Waals surface area contributed by atoms with Crippen LogP contribution >= 0.6 is 0 Å². The Morgan fingerprint density at radius 2 is 2.22 bits per heavy atom. The average Bonchev–Trinajstić information content (AvgIpc) is 2.32. The van der Waals surface area contributed by atoms with E-state index >= 15 is 0 Å². The molecule has 0 aliphatic rings. The highest BCUT2D eigenvalue weighted by Crippen LogP contribution is 2.13. The molecule has 0 saturated carbocycles. The molecule has 0 saturated heterocycles. The number of hydrogen-bond donors (Lipinski definition) is 2. The van der Waals surface area contributed by atoms with Crippen molar-refractivity contribution in [3.05, 3.63) is 17.8 Å². The molecule has 0 spiro atoms. The van der Waals surface area contributed by atoms with E-state index in [1.165, 1.54) is 4.90 Å². The van der Waals surface area contributed by atoms with Crippen molar-refractivity contribution < 1.29 is 14.6 Å². The third-order valence-corrected chi connectivity index (χ3v) is 2.48. The summed E-state index contributed by atoms with van der Waals surface area (Å²) in [6, 6.07) is 3.39. The van der Waals surface area contributed by atoms with E-state index in [9.17, 15) is 4.79 Å². The Bertz CT molecular complexity index is 410. The van der Waals surface area contributed by atoms with Crippen molar-refractivity contribution in [3.8, 4) is 5.88 Å². The number of carboxylic acid groups (broad SMARTS) is 1. The summed E-state index contributed by atoms with van der Waals surface area (Å²) in [5.74, 6) is 0.462. The van der Waals surface area contributed by atoms with E-state index in [1.54, 1.807) is 19.1 Å². The first-order valence-corrected chi connectivity index (χ1v) is 5.88. The van der Waals surface area contributed by atoms with E-state index in [2.05, 4.69) is 4.98 Å². The molecule has 0 atom stereocenters. The van der Waals surface area contributed by atoms with Crippen molar-refractivity contribution in [1.82, 2.24) is 9.88 Å². The van der Waals surface area contributed by atoms with Crippen molar-refractivity contribution in [2.45, 2.75) is 20.3 Å². The van der Waals surface area contributed by atoms with Crippen molar-refractivity contribution in [2.24, 2.45) is 0 Å². The predicted octanol–water partition coefficient (Wildman–Crippen LogP) is 1.74. The van der Waals surface area contributed by atoms with Gasteiger partial charge in [0, 0.05) is 12.6 Å². The first kappa shape index (κ1) is 14.1. The lowest BCUT2D eigenvalue weighted by Gasteiger charge is -2.18. The van der Waals surface area contributed by atoms with Gasteiger partial charge in [-0.2, -0.15) is 0 Å². The van der Waals surface area contributed by atoms with E-state index in [0.717, 1.165) is 6.42 Å². The molecule has 0 aromatic carbocycles. The second-order valence-electron chi connectivity index (χ2n) is 3.94. The van der Waals surface area contributed by atoms with Crippen LogP contribution in [-0.2, 0) is 0 Å². The van der Waals surface area contributed by atoms with Crippen molar-refractivity contribution in [2.75, 3.05) is 25.4 Å². The molecule has 1 aromatic heterocycles. The van der Waals surface area contributed by atoms with Gasteiger partial charge in [-0.1, -0.05) is 6.92 Å². The zero-order valence-electron chi connectivity index (χ0n) is 10.7. The lowest BCUT2D eigenvalue weighted by molar-refractivity contribution is 0.134. The fraction of sp³-hybridized carbons (Fsp3) is 0.500. The number of aromatic nitrogens is 1. The van der Waals surface area contributed by atoms with Gasteiger partial charge in [-0.25, -0.2) is 9.78 Å². The zero-order chi connectivity index (χ0) is 13.5. The monoisotopic (exact) mass is 253 g/mol. The number of nitrogen functional groups attached to an aromatic ring is 1. The SMILES string of the molecule is CCCN(CCOc1ccc(N)c(C)n1)C(=O)O. The van der Waals surface area contributed by atoms with Crippen LogP contribution in [0.5, 0.6) is 5.88 Å². The summed E-state index contributed by atoms with van der Waals surface area (Å²) in [7, 11) is 0. The van der Waals surface area contributed by atoms with Gasteiger partial charge in [0.05, 0.1) is 17.9 Å². The number of amides is 1. The molecule has 0 unspecified atom stereocenters. The van der Waals surface area contributed by atoms with Crippen LogP contribution in [0.4, 0.5) is 10.5 Å². The maximum Gasteiger partial charge on any atom is 0.407 e. The minimum atomic E-state index is -0.929. The van der Waals surface area contributed by atoms with Gasteiger partial charge in [-0.05, 0) is 19.4 Å². The highest BCUT2D eigenvalue weighted by molar-refractivity contribution is 5.64. The van der Waals surface area contributed by atoms with Crippen LogP contribution in [0.1, 0.15) is 19.0 Å². The van der Waals surface area contributed by atoms with Crippen LogP contribution in [0.2, 0.25) is 0 Å². The van der Waals surface area contributed by atoms with E-state index in [0.29, 0.717) is 30.4 Å². The summed E-state index contributed by atoms with van der Waals surface area (Å²) in [6.45, 7) is 4.84. The summed E-state index contributed by atoms with van der Waals surface area (Å²) in [5.41, 5.74) is 6.96. The fourth-order valence-corrected chi connectivity index (χ4v) is 1.46. The zero-order valence-corrected chi connectivity index (χ0v) is 10.7. The molecule has 1 rings (SSSR count). The summed E-state index contributed by atoms with van der Waals surface area (Å²) < 4.78 is 5.40. The lowest BCUT2D eigenvalue weighted by Crippen LogP contribution is -2.34. The van der Waals surface area contributed by atoms with Gasteiger partial charge in [0.25, 0.3) is 0 Å². The van der Waals surface area contributed by atoms with E-state index in [4.69, 9.17) is 15.6 Å². The standard InChI is InChI=1S/C12H19N3O3/c1-3-6-15(12(16)17)7-8-18-11-5-4-10(13)9(2)14-11/h4-5H,3,6-8,13H2,1-2H3,(H,16,17). The third kappa shape index (κ3) is 4.12. The molecule has 0 radical (unpaired) electrons. The quantitative estimate of drug-likeness (QED) is 0.806. The van der Waals surface area contributed by atoms with Gasteiger partial charge in [-0.15, -0.1) is 0 Å². The first-order chi connectivity index (χ1) is 8.54. The smallest absolute Gasteiger partial charge is 0.407 e. The Labute approximate surface area is 106 Å². The number of rotatable bonds is 6. The number of carbonyl (C=O) groups is 1. The number of anilines is 1. The number of pyridine rings is 1. The molecule has 0 aliphatic carbocycles. The lowest BCUT2D eigenvalue weighted by atomic mass is 10.3. The highest BCUT2D eigenvalue weighted by Gasteiger charge is 2.10. The number of hydrogen-bond acceptors (Lipinski definition) is 4. The van der Waals surface area contributed by atoms with Crippen molar-refractivity contribution in [3.63, 3.8) is 0 Å². The number of ether oxygens (including phenoxy) is 1. The van der Waals surface area contributed by atoms with Gasteiger partial charge < -0.3 is 20.5 Å². The Balaban J connectivity index is 2.44. The number of aryl methyl sites for hydroxylation is 1. The van der Waals surface area contributed by atoms with Crippen molar-refractivity contribution >= 4 is 11.8 Å².